The van der Waals surface area contributed by atoms with Crippen LogP contribution in [0.5, 0.6) is 0 Å². The van der Waals surface area contributed by atoms with Gasteiger partial charge in [0.05, 0.1) is 5.69 Å². The molecule has 0 amide bonds. The van der Waals surface area contributed by atoms with E-state index in [0.29, 0.717) is 6.42 Å². The van der Waals surface area contributed by atoms with Gasteiger partial charge in [0.25, 0.3) is 0 Å². The average Bonchev–Trinajstić information content (AvgIpc) is 2.60. The molecule has 0 radical (unpaired) electrons. The number of rotatable bonds is 3. The molecular formula is C13H22N2OS. The topological polar surface area (TPSA) is 42.9 Å². The summed E-state index contributed by atoms with van der Waals surface area (Å²) in [6, 6.07) is 0. The Labute approximate surface area is 108 Å². The van der Waals surface area contributed by atoms with Gasteiger partial charge in [0.15, 0.2) is 5.78 Å². The van der Waals surface area contributed by atoms with E-state index < -0.39 is 0 Å². The molecule has 0 saturated carbocycles. The standard InChI is InChI=1S/C13H22N2OS/c1-12(2,3)8-7-9(16)10-11(13(4,5)6)14-15-17-10/h7-8H2,1-6H3. The zero-order chi connectivity index (χ0) is 13.3. The van der Waals surface area contributed by atoms with Gasteiger partial charge in [0, 0.05) is 11.8 Å². The van der Waals surface area contributed by atoms with Crippen LogP contribution in [0.15, 0.2) is 0 Å². The summed E-state index contributed by atoms with van der Waals surface area (Å²) in [6.07, 6.45) is 1.48. The molecule has 0 N–H and O–H groups in total. The Hall–Kier alpha value is -0.770. The lowest BCUT2D eigenvalue weighted by molar-refractivity contribution is 0.0967. The third-order valence-corrected chi connectivity index (χ3v) is 3.32. The van der Waals surface area contributed by atoms with E-state index in [1.54, 1.807) is 0 Å². The maximum absolute atomic E-state index is 12.2. The largest absolute Gasteiger partial charge is 0.293 e. The van der Waals surface area contributed by atoms with Crippen molar-refractivity contribution in [3.05, 3.63) is 10.6 Å². The van der Waals surface area contributed by atoms with Crippen LogP contribution in [0.2, 0.25) is 0 Å². The first-order chi connectivity index (χ1) is 7.61. The van der Waals surface area contributed by atoms with Gasteiger partial charge in [-0.05, 0) is 23.4 Å². The van der Waals surface area contributed by atoms with Crippen molar-refractivity contribution in [2.24, 2.45) is 5.41 Å². The molecule has 0 aliphatic heterocycles. The van der Waals surface area contributed by atoms with Gasteiger partial charge in [0.2, 0.25) is 0 Å². The molecule has 0 aliphatic rings. The molecule has 96 valence electrons. The van der Waals surface area contributed by atoms with Crippen LogP contribution in [-0.2, 0) is 5.41 Å². The Balaban J connectivity index is 2.81. The Morgan fingerprint density at radius 1 is 1.18 bits per heavy atom. The fraction of sp³-hybridized carbons (Fsp3) is 0.769. The highest BCUT2D eigenvalue weighted by molar-refractivity contribution is 7.08. The van der Waals surface area contributed by atoms with E-state index in [1.165, 1.54) is 11.5 Å². The zero-order valence-corrected chi connectivity index (χ0v) is 12.4. The monoisotopic (exact) mass is 254 g/mol. The molecule has 1 aromatic rings. The molecule has 3 nitrogen and oxygen atoms in total. The molecule has 0 saturated heterocycles. The summed E-state index contributed by atoms with van der Waals surface area (Å²) in [5.41, 5.74) is 0.913. The first-order valence-electron chi connectivity index (χ1n) is 5.97. The molecule has 1 rings (SSSR count). The van der Waals surface area contributed by atoms with E-state index in [2.05, 4.69) is 51.1 Å². The van der Waals surface area contributed by atoms with Crippen molar-refractivity contribution >= 4 is 17.3 Å². The number of Topliss-reactive ketones (excluding diaryl/α,β-unsaturated/α-hetero) is 1. The van der Waals surface area contributed by atoms with Gasteiger partial charge in [-0.3, -0.25) is 4.79 Å². The molecular weight excluding hydrogens is 232 g/mol. The fourth-order valence-electron chi connectivity index (χ4n) is 1.47. The second-order valence-corrected chi connectivity index (χ2v) is 7.44. The van der Waals surface area contributed by atoms with Gasteiger partial charge < -0.3 is 0 Å². The summed E-state index contributed by atoms with van der Waals surface area (Å²) in [5.74, 6) is 0.180. The maximum Gasteiger partial charge on any atom is 0.176 e. The van der Waals surface area contributed by atoms with Gasteiger partial charge in [0.1, 0.15) is 4.88 Å². The molecule has 0 unspecified atom stereocenters. The Morgan fingerprint density at radius 3 is 2.24 bits per heavy atom. The third kappa shape index (κ3) is 4.19. The highest BCUT2D eigenvalue weighted by atomic mass is 32.1. The van der Waals surface area contributed by atoms with Gasteiger partial charge in [-0.1, -0.05) is 46.0 Å². The van der Waals surface area contributed by atoms with Crippen molar-refractivity contribution in [1.82, 2.24) is 9.59 Å². The smallest absolute Gasteiger partial charge is 0.176 e. The number of hydrogen-bond acceptors (Lipinski definition) is 4. The minimum atomic E-state index is -0.111. The summed E-state index contributed by atoms with van der Waals surface area (Å²) < 4.78 is 3.92. The molecule has 0 aromatic carbocycles. The van der Waals surface area contributed by atoms with Crippen molar-refractivity contribution in [3.8, 4) is 0 Å². The molecule has 4 heteroatoms. The Morgan fingerprint density at radius 2 is 1.76 bits per heavy atom. The first kappa shape index (κ1) is 14.3. The number of aromatic nitrogens is 2. The number of ketones is 1. The van der Waals surface area contributed by atoms with E-state index in [1.807, 2.05) is 0 Å². The van der Waals surface area contributed by atoms with Gasteiger partial charge in [-0.25, -0.2) is 0 Å². The van der Waals surface area contributed by atoms with Crippen LogP contribution in [-0.4, -0.2) is 15.4 Å². The summed E-state index contributed by atoms with van der Waals surface area (Å²) in [4.78, 5) is 12.9. The summed E-state index contributed by atoms with van der Waals surface area (Å²) >= 11 is 1.22. The number of carbonyl (C=O) groups excluding carboxylic acids is 1. The minimum Gasteiger partial charge on any atom is -0.293 e. The number of nitrogens with zero attached hydrogens (tertiary/aromatic N) is 2. The number of hydrogen-bond donors (Lipinski definition) is 0. The van der Waals surface area contributed by atoms with Crippen LogP contribution in [0.25, 0.3) is 0 Å². The lowest BCUT2D eigenvalue weighted by atomic mass is 9.87. The van der Waals surface area contributed by atoms with Crippen LogP contribution >= 0.6 is 11.5 Å². The number of carbonyl (C=O) groups is 1. The first-order valence-corrected chi connectivity index (χ1v) is 6.74. The van der Waals surface area contributed by atoms with Crippen molar-refractivity contribution in [2.45, 2.75) is 59.8 Å². The third-order valence-electron chi connectivity index (χ3n) is 2.55. The minimum absolute atomic E-state index is 0.111. The summed E-state index contributed by atoms with van der Waals surface area (Å²) in [6.45, 7) is 12.6. The summed E-state index contributed by atoms with van der Waals surface area (Å²) in [5, 5.41) is 4.10. The Bertz CT molecular complexity index is 396. The molecule has 1 heterocycles. The molecule has 17 heavy (non-hydrogen) atoms. The molecule has 0 bridgehead atoms. The lowest BCUT2D eigenvalue weighted by Crippen LogP contribution is -2.17. The zero-order valence-electron chi connectivity index (χ0n) is 11.6. The van der Waals surface area contributed by atoms with Crippen LogP contribution in [0.3, 0.4) is 0 Å². The predicted molar refractivity (Wildman–Crippen MR) is 71.6 cm³/mol. The van der Waals surface area contributed by atoms with Crippen molar-refractivity contribution in [3.63, 3.8) is 0 Å². The van der Waals surface area contributed by atoms with Crippen LogP contribution in [0, 0.1) is 5.41 Å². The van der Waals surface area contributed by atoms with E-state index in [0.717, 1.165) is 17.0 Å². The van der Waals surface area contributed by atoms with Gasteiger partial charge in [-0.15, -0.1) is 5.10 Å². The molecule has 0 spiro atoms. The molecule has 0 aliphatic carbocycles. The second-order valence-electron chi connectivity index (χ2n) is 6.68. The normalized spacial score (nSPS) is 12.8. The maximum atomic E-state index is 12.2. The second kappa shape index (κ2) is 4.84. The van der Waals surface area contributed by atoms with Crippen molar-refractivity contribution < 1.29 is 4.79 Å². The van der Waals surface area contributed by atoms with Crippen LogP contribution in [0.1, 0.15) is 69.7 Å². The Kier molecular flexibility index (Phi) is 4.07. The van der Waals surface area contributed by atoms with E-state index >= 15 is 0 Å². The quantitative estimate of drug-likeness (QED) is 0.770. The van der Waals surface area contributed by atoms with Crippen molar-refractivity contribution in [1.29, 1.82) is 0 Å². The molecule has 1 aromatic heterocycles. The molecule has 0 fully saturated rings. The van der Waals surface area contributed by atoms with E-state index in [-0.39, 0.29) is 16.6 Å². The van der Waals surface area contributed by atoms with Gasteiger partial charge >= 0.3 is 0 Å². The van der Waals surface area contributed by atoms with E-state index in [9.17, 15) is 4.79 Å². The summed E-state index contributed by atoms with van der Waals surface area (Å²) in [7, 11) is 0. The molecule has 0 atom stereocenters. The van der Waals surface area contributed by atoms with Gasteiger partial charge in [-0.2, -0.15) is 0 Å². The SMILES string of the molecule is CC(C)(C)CCC(=O)c1snnc1C(C)(C)C. The highest BCUT2D eigenvalue weighted by Gasteiger charge is 2.26. The fourth-order valence-corrected chi connectivity index (χ4v) is 2.31. The van der Waals surface area contributed by atoms with Crippen molar-refractivity contribution in [2.75, 3.05) is 0 Å². The predicted octanol–water partition coefficient (Wildman–Crippen LogP) is 3.84. The highest BCUT2D eigenvalue weighted by Crippen LogP contribution is 2.28. The van der Waals surface area contributed by atoms with Crippen LogP contribution < -0.4 is 0 Å². The van der Waals surface area contributed by atoms with E-state index in [4.69, 9.17) is 0 Å². The van der Waals surface area contributed by atoms with Crippen LogP contribution in [0.4, 0.5) is 0 Å². The lowest BCUT2D eigenvalue weighted by Gasteiger charge is -2.18. The average molecular weight is 254 g/mol.